The van der Waals surface area contributed by atoms with Crippen LogP contribution in [0.3, 0.4) is 0 Å². The Bertz CT molecular complexity index is 3320. The van der Waals surface area contributed by atoms with E-state index >= 15 is 0 Å². The van der Waals surface area contributed by atoms with Crippen molar-refractivity contribution in [2.45, 2.75) is 0 Å². The summed E-state index contributed by atoms with van der Waals surface area (Å²) in [5.41, 5.74) is 18.1. The highest BCUT2D eigenvalue weighted by Gasteiger charge is 2.23. The van der Waals surface area contributed by atoms with Crippen LogP contribution in [-0.2, 0) is 0 Å². The summed E-state index contributed by atoms with van der Waals surface area (Å²) in [6, 6.07) is 46.9. The van der Waals surface area contributed by atoms with Gasteiger partial charge in [-0.3, -0.25) is 0 Å². The largest absolute Gasteiger partial charge is 0.456 e. The van der Waals surface area contributed by atoms with E-state index in [0.717, 1.165) is 49.8 Å². The monoisotopic (exact) mass is 735 g/mol. The third kappa shape index (κ3) is 5.75. The van der Waals surface area contributed by atoms with Crippen LogP contribution in [0.15, 0.2) is 138 Å². The van der Waals surface area contributed by atoms with Crippen LogP contribution >= 0.6 is 0 Å². The van der Waals surface area contributed by atoms with Crippen molar-refractivity contribution in [3.8, 4) is 56.4 Å². The lowest BCUT2D eigenvalue weighted by Gasteiger charge is -2.24. The molecule has 0 atom stereocenters. The summed E-state index contributed by atoms with van der Waals surface area (Å²) in [6.45, 7) is 0. The van der Waals surface area contributed by atoms with Crippen molar-refractivity contribution < 1.29 is 4.42 Å². The minimum Gasteiger partial charge on any atom is -0.456 e. The van der Waals surface area contributed by atoms with Crippen molar-refractivity contribution >= 4 is 137 Å². The van der Waals surface area contributed by atoms with E-state index in [0.29, 0.717) is 17.5 Å². The first-order valence-electron chi connectivity index (χ1n) is 20.0. The maximum Gasteiger partial charge on any atom is 0.164 e. The normalized spacial score (nSPS) is 11.6. The Morgan fingerprint density at radius 1 is 0.345 bits per heavy atom. The van der Waals surface area contributed by atoms with Gasteiger partial charge >= 0.3 is 0 Å². The Hall–Kier alpha value is -6.46. The summed E-state index contributed by atoms with van der Waals surface area (Å²) in [5, 5.41) is 7.04. The number of fused-ring (bicyclic) bond motifs is 5. The summed E-state index contributed by atoms with van der Waals surface area (Å²) in [5.74, 6) is 1.92. The topological polar surface area (TPSA) is 51.8 Å². The maximum atomic E-state index is 6.35. The Kier molecular flexibility index (Phi) is 8.60. The van der Waals surface area contributed by atoms with Gasteiger partial charge in [0.1, 0.15) is 66.1 Å². The van der Waals surface area contributed by atoms with Crippen LogP contribution in [0.5, 0.6) is 0 Å². The lowest BCUT2D eigenvalue weighted by atomic mass is 9.59. The van der Waals surface area contributed by atoms with E-state index < -0.39 is 0 Å². The lowest BCUT2D eigenvalue weighted by molar-refractivity contribution is 0.669. The average Bonchev–Trinajstić information content (AvgIpc) is 3.65. The molecule has 0 N–H and O–H groups in total. The van der Waals surface area contributed by atoms with Gasteiger partial charge in [0, 0.05) is 27.5 Å². The van der Waals surface area contributed by atoms with Crippen molar-refractivity contribution in [2.75, 3.05) is 0 Å². The third-order valence-corrected chi connectivity index (χ3v) is 12.7. The number of benzene rings is 8. The number of para-hydroxylation sites is 1. The van der Waals surface area contributed by atoms with Gasteiger partial charge in [-0.05, 0) is 68.1 Å². The van der Waals surface area contributed by atoms with Crippen LogP contribution in [0.1, 0.15) is 0 Å². The van der Waals surface area contributed by atoms with E-state index in [4.69, 9.17) is 19.4 Å². The second kappa shape index (κ2) is 13.9. The molecule has 8 aromatic carbocycles. The van der Waals surface area contributed by atoms with E-state index in [1.165, 1.54) is 70.9 Å². The SMILES string of the molecule is Bc1c(B)c(B)c2c(-c3nc(-c4cccc(-c5ccc(-c6ccc7ccccc7c6)cc5)c4)nc(-c4cccc5oc6ccccc6c45)n3)c(B)c(B)c(B)c2c1B. The zero-order valence-corrected chi connectivity index (χ0v) is 34.0. The van der Waals surface area contributed by atoms with E-state index in [2.05, 4.69) is 164 Å². The molecule has 10 rings (SSSR count). The first-order chi connectivity index (χ1) is 28.2. The van der Waals surface area contributed by atoms with Crippen molar-refractivity contribution in [1.29, 1.82) is 0 Å². The Labute approximate surface area is 344 Å². The maximum absolute atomic E-state index is 6.35. The van der Waals surface area contributed by atoms with Crippen LogP contribution in [-0.4, -0.2) is 69.9 Å². The zero-order chi connectivity index (χ0) is 39.8. The third-order valence-electron chi connectivity index (χ3n) is 12.7. The second-order valence-corrected chi connectivity index (χ2v) is 15.8. The van der Waals surface area contributed by atoms with E-state index in [1.54, 1.807) is 0 Å². The molecule has 58 heavy (non-hydrogen) atoms. The molecular weight excluding hydrogens is 698 g/mol. The molecule has 0 aliphatic rings. The molecule has 0 spiro atoms. The predicted molar refractivity (Wildman–Crippen MR) is 267 cm³/mol. The predicted octanol–water partition coefficient (Wildman–Crippen LogP) is 0.221. The van der Waals surface area contributed by atoms with Gasteiger partial charge in [-0.1, -0.05) is 131 Å². The summed E-state index contributed by atoms with van der Waals surface area (Å²) < 4.78 is 6.35. The van der Waals surface area contributed by atoms with Gasteiger partial charge in [-0.25, -0.2) is 15.0 Å². The first-order valence-corrected chi connectivity index (χ1v) is 20.0. The summed E-state index contributed by atoms with van der Waals surface area (Å²) in [4.78, 5) is 16.1. The molecule has 0 saturated heterocycles. The van der Waals surface area contributed by atoms with Gasteiger partial charge in [0.15, 0.2) is 17.5 Å². The van der Waals surface area contributed by atoms with Crippen LogP contribution in [0.25, 0.3) is 99.9 Å². The first kappa shape index (κ1) is 35.9. The lowest BCUT2D eigenvalue weighted by Crippen LogP contribution is -2.52. The number of rotatable bonds is 5. The van der Waals surface area contributed by atoms with Gasteiger partial charge in [-0.15, -0.1) is 16.4 Å². The molecule has 0 bridgehead atoms. The smallest absolute Gasteiger partial charge is 0.164 e. The standard InChI is InChI=1S/C47H36B7N3O/c48-38-35-36(40(50)44(54)43(38)53)39(49)42(52)41(51)37(35)47-56-45(55-46(57-47)31-12-6-14-33-34(31)30-11-3-4-13-32(30)58-33)29-10-5-9-27(22-29)24-15-17-25(18-16-24)28-20-19-23-7-1-2-8-26(23)21-28/h1-22H,48-54H2. The average molecular weight is 735 g/mol. The molecule has 4 nitrogen and oxygen atoms in total. The molecule has 11 heteroatoms. The van der Waals surface area contributed by atoms with Crippen LogP contribution in [0, 0.1) is 0 Å². The fourth-order valence-corrected chi connectivity index (χ4v) is 8.98. The highest BCUT2D eigenvalue weighted by Crippen LogP contribution is 2.37. The highest BCUT2D eigenvalue weighted by molar-refractivity contribution is 6.71. The molecule has 0 amide bonds. The fourth-order valence-electron chi connectivity index (χ4n) is 8.98. The fraction of sp³-hybridized carbons (Fsp3) is 0. The van der Waals surface area contributed by atoms with Crippen molar-refractivity contribution in [1.82, 2.24) is 15.0 Å². The second-order valence-electron chi connectivity index (χ2n) is 15.8. The molecule has 2 heterocycles. The van der Waals surface area contributed by atoms with Crippen LogP contribution < -0.4 is 38.2 Å². The molecule has 2 aromatic heterocycles. The molecule has 266 valence electrons. The molecule has 0 saturated carbocycles. The molecular formula is C47H36B7N3O. The van der Waals surface area contributed by atoms with Gasteiger partial charge in [-0.2, -0.15) is 0 Å². The van der Waals surface area contributed by atoms with Crippen LogP contribution in [0.4, 0.5) is 0 Å². The number of hydrogen-bond donors (Lipinski definition) is 0. The van der Waals surface area contributed by atoms with Gasteiger partial charge in [0.05, 0.1) is 0 Å². The summed E-state index contributed by atoms with van der Waals surface area (Å²) in [6.07, 6.45) is 0. The Morgan fingerprint density at radius 3 is 1.66 bits per heavy atom. The Morgan fingerprint density at radius 2 is 0.897 bits per heavy atom. The highest BCUT2D eigenvalue weighted by atomic mass is 16.3. The Balaban J connectivity index is 1.18. The van der Waals surface area contributed by atoms with Gasteiger partial charge in [0.25, 0.3) is 0 Å². The van der Waals surface area contributed by atoms with E-state index in [1.807, 2.05) is 24.3 Å². The van der Waals surface area contributed by atoms with Crippen molar-refractivity contribution in [3.63, 3.8) is 0 Å². The number of furan rings is 1. The minimum atomic E-state index is 0.617. The number of nitrogens with zero attached hydrogens (tertiary/aromatic N) is 3. The van der Waals surface area contributed by atoms with Gasteiger partial charge in [0.2, 0.25) is 0 Å². The van der Waals surface area contributed by atoms with E-state index in [9.17, 15) is 0 Å². The zero-order valence-electron chi connectivity index (χ0n) is 34.0. The molecule has 0 aliphatic heterocycles. The van der Waals surface area contributed by atoms with E-state index in [-0.39, 0.29) is 0 Å². The molecule has 0 aliphatic carbocycles. The van der Waals surface area contributed by atoms with Crippen molar-refractivity contribution in [3.05, 3.63) is 133 Å². The minimum absolute atomic E-state index is 0.617. The summed E-state index contributed by atoms with van der Waals surface area (Å²) in [7, 11) is 15.7. The molecule has 0 radical (unpaired) electrons. The van der Waals surface area contributed by atoms with Gasteiger partial charge < -0.3 is 4.42 Å². The molecule has 0 unspecified atom stereocenters. The molecule has 10 aromatic rings. The molecule has 0 fully saturated rings. The van der Waals surface area contributed by atoms with Crippen molar-refractivity contribution in [2.24, 2.45) is 0 Å². The summed E-state index contributed by atoms with van der Waals surface area (Å²) >= 11 is 0. The number of aromatic nitrogens is 3. The quantitative estimate of drug-likeness (QED) is 0.238. The van der Waals surface area contributed by atoms with Crippen LogP contribution in [0.2, 0.25) is 0 Å². The number of hydrogen-bond acceptors (Lipinski definition) is 4.